The van der Waals surface area contributed by atoms with Gasteiger partial charge in [-0.3, -0.25) is 9.78 Å². The fourth-order valence-electron chi connectivity index (χ4n) is 3.70. The van der Waals surface area contributed by atoms with Crippen molar-refractivity contribution in [3.05, 3.63) is 93.8 Å². The number of nitrogens with one attached hydrogen (secondary N) is 1. The first-order chi connectivity index (χ1) is 12.7. The number of aromatic nitrogens is 2. The number of nitrogen functional groups attached to an aromatic ring is 1. The van der Waals surface area contributed by atoms with Crippen molar-refractivity contribution < 1.29 is 4.74 Å². The van der Waals surface area contributed by atoms with E-state index in [-0.39, 0.29) is 23.3 Å². The lowest BCUT2D eigenvalue weighted by Crippen LogP contribution is -2.25. The number of ether oxygens (including phenoxy) is 1. The van der Waals surface area contributed by atoms with Gasteiger partial charge in [0.1, 0.15) is 5.75 Å². The van der Waals surface area contributed by atoms with Crippen LogP contribution in [0.25, 0.3) is 10.8 Å². The highest BCUT2D eigenvalue weighted by molar-refractivity contribution is 5.90. The molecule has 5 rings (SSSR count). The molecule has 1 atom stereocenters. The molecule has 5 heteroatoms. The van der Waals surface area contributed by atoms with Crippen LogP contribution in [-0.2, 0) is 0 Å². The summed E-state index contributed by atoms with van der Waals surface area (Å²) in [5.74, 6) is 0.730. The molecule has 3 aromatic carbocycles. The lowest BCUT2D eigenvalue weighted by molar-refractivity contribution is 0.433. The van der Waals surface area contributed by atoms with Gasteiger partial charge in [-0.05, 0) is 22.4 Å². The van der Waals surface area contributed by atoms with Gasteiger partial charge in [0.05, 0.1) is 5.56 Å². The fraction of sp³-hybridized carbons (Fsp3) is 0.0476. The van der Waals surface area contributed by atoms with Gasteiger partial charge in [0.25, 0.3) is 5.56 Å². The maximum Gasteiger partial charge on any atom is 0.260 e. The number of H-pyrrole nitrogens is 1. The van der Waals surface area contributed by atoms with Crippen molar-refractivity contribution in [2.45, 2.75) is 5.92 Å². The Morgan fingerprint density at radius 2 is 1.69 bits per heavy atom. The van der Waals surface area contributed by atoms with E-state index in [4.69, 9.17) is 10.5 Å². The monoisotopic (exact) mass is 341 g/mol. The van der Waals surface area contributed by atoms with Crippen molar-refractivity contribution in [1.29, 1.82) is 0 Å². The van der Waals surface area contributed by atoms with E-state index in [0.717, 1.165) is 21.9 Å². The number of hydrogen-bond donors (Lipinski definition) is 2. The van der Waals surface area contributed by atoms with Crippen LogP contribution in [0.2, 0.25) is 0 Å². The molecule has 0 aliphatic carbocycles. The number of benzene rings is 3. The Morgan fingerprint density at radius 1 is 0.923 bits per heavy atom. The second kappa shape index (κ2) is 5.46. The van der Waals surface area contributed by atoms with Gasteiger partial charge in [-0.15, -0.1) is 0 Å². The van der Waals surface area contributed by atoms with Crippen molar-refractivity contribution >= 4 is 16.7 Å². The Labute approximate surface area is 149 Å². The van der Waals surface area contributed by atoms with Gasteiger partial charge in [-0.25, -0.2) is 0 Å². The molecule has 126 valence electrons. The van der Waals surface area contributed by atoms with Gasteiger partial charge >= 0.3 is 0 Å². The molecule has 3 N–H and O–H groups in total. The quantitative estimate of drug-likeness (QED) is 0.486. The SMILES string of the molecule is Nc1nc2c(c(=O)[nH]1)C(c1ccccc1)c1c(ccc3ccccc13)O2. The molecule has 0 saturated heterocycles. The maximum atomic E-state index is 12.8. The minimum atomic E-state index is -0.280. The molecule has 0 bridgehead atoms. The summed E-state index contributed by atoms with van der Waals surface area (Å²) in [6.45, 7) is 0. The van der Waals surface area contributed by atoms with Crippen LogP contribution >= 0.6 is 0 Å². The van der Waals surface area contributed by atoms with Crippen LogP contribution in [0.15, 0.2) is 71.5 Å². The Bertz CT molecular complexity index is 1200. The second-order valence-corrected chi connectivity index (χ2v) is 6.31. The highest BCUT2D eigenvalue weighted by atomic mass is 16.5. The normalized spacial score (nSPS) is 15.2. The zero-order valence-electron chi connectivity index (χ0n) is 13.8. The number of aromatic amines is 1. The third-order valence-corrected chi connectivity index (χ3v) is 4.79. The minimum absolute atomic E-state index is 0.0461. The minimum Gasteiger partial charge on any atom is -0.438 e. The van der Waals surface area contributed by atoms with Gasteiger partial charge in [0, 0.05) is 11.5 Å². The van der Waals surface area contributed by atoms with Crippen LogP contribution in [0, 0.1) is 0 Å². The van der Waals surface area contributed by atoms with Gasteiger partial charge < -0.3 is 10.5 Å². The Balaban J connectivity index is 1.91. The van der Waals surface area contributed by atoms with E-state index in [1.165, 1.54) is 0 Å². The van der Waals surface area contributed by atoms with Crippen LogP contribution in [-0.4, -0.2) is 9.97 Å². The summed E-state index contributed by atoms with van der Waals surface area (Å²) >= 11 is 0. The molecule has 4 aromatic rings. The van der Waals surface area contributed by atoms with Crippen LogP contribution in [0.4, 0.5) is 5.95 Å². The highest BCUT2D eigenvalue weighted by Crippen LogP contribution is 2.47. The summed E-state index contributed by atoms with van der Waals surface area (Å²) in [7, 11) is 0. The summed E-state index contributed by atoms with van der Waals surface area (Å²) in [6.07, 6.45) is 0. The van der Waals surface area contributed by atoms with Crippen molar-refractivity contribution in [3.63, 3.8) is 0 Å². The molecule has 2 heterocycles. The Kier molecular flexibility index (Phi) is 3.09. The lowest BCUT2D eigenvalue weighted by Gasteiger charge is -2.28. The standard InChI is InChI=1S/C21H15N3O2/c22-21-23-19(25)18-16(13-7-2-1-3-8-13)17-14-9-5-4-6-12(14)10-11-15(17)26-20(18)24-21/h1-11,16H,(H3,22,23,24,25). The predicted molar refractivity (Wildman–Crippen MR) is 101 cm³/mol. The molecule has 26 heavy (non-hydrogen) atoms. The van der Waals surface area contributed by atoms with E-state index >= 15 is 0 Å². The largest absolute Gasteiger partial charge is 0.438 e. The molecule has 1 aliphatic rings. The van der Waals surface area contributed by atoms with E-state index in [0.29, 0.717) is 11.3 Å². The number of hydrogen-bond acceptors (Lipinski definition) is 4. The molecular weight excluding hydrogens is 326 g/mol. The summed E-state index contributed by atoms with van der Waals surface area (Å²) in [5.41, 5.74) is 7.91. The van der Waals surface area contributed by atoms with Gasteiger partial charge in [0.2, 0.25) is 11.8 Å². The van der Waals surface area contributed by atoms with E-state index in [2.05, 4.69) is 22.1 Å². The maximum absolute atomic E-state index is 12.8. The predicted octanol–water partition coefficient (Wildman–Crippen LogP) is 3.79. The molecule has 1 unspecified atom stereocenters. The van der Waals surface area contributed by atoms with Crippen LogP contribution in [0.3, 0.4) is 0 Å². The zero-order valence-corrected chi connectivity index (χ0v) is 13.8. The van der Waals surface area contributed by atoms with E-state index in [1.54, 1.807) is 0 Å². The zero-order chi connectivity index (χ0) is 17.7. The average molecular weight is 341 g/mol. The van der Waals surface area contributed by atoms with Crippen molar-refractivity contribution in [1.82, 2.24) is 9.97 Å². The third kappa shape index (κ3) is 2.10. The lowest BCUT2D eigenvalue weighted by atomic mass is 9.81. The first kappa shape index (κ1) is 14.7. The average Bonchev–Trinajstić information content (AvgIpc) is 2.66. The summed E-state index contributed by atoms with van der Waals surface area (Å²) in [6, 6.07) is 22.0. The first-order valence-corrected chi connectivity index (χ1v) is 8.36. The number of nitrogens with zero attached hydrogens (tertiary/aromatic N) is 1. The number of anilines is 1. The number of nitrogens with two attached hydrogens (primary N) is 1. The molecule has 5 nitrogen and oxygen atoms in total. The van der Waals surface area contributed by atoms with E-state index < -0.39 is 0 Å². The summed E-state index contributed by atoms with van der Waals surface area (Å²) in [4.78, 5) is 19.6. The molecule has 0 amide bonds. The van der Waals surface area contributed by atoms with Crippen LogP contribution in [0.5, 0.6) is 11.6 Å². The Morgan fingerprint density at radius 3 is 2.54 bits per heavy atom. The second-order valence-electron chi connectivity index (χ2n) is 6.31. The van der Waals surface area contributed by atoms with Gasteiger partial charge in [-0.2, -0.15) is 4.98 Å². The Hall–Kier alpha value is -3.60. The summed E-state index contributed by atoms with van der Waals surface area (Å²) in [5, 5.41) is 2.15. The number of fused-ring (bicyclic) bond motifs is 4. The third-order valence-electron chi connectivity index (χ3n) is 4.79. The van der Waals surface area contributed by atoms with Gasteiger partial charge in [0.15, 0.2) is 0 Å². The molecule has 1 aromatic heterocycles. The van der Waals surface area contributed by atoms with Crippen LogP contribution < -0.4 is 16.0 Å². The molecular formula is C21H15N3O2. The molecule has 0 fully saturated rings. The number of rotatable bonds is 1. The van der Waals surface area contributed by atoms with E-state index in [9.17, 15) is 4.79 Å². The van der Waals surface area contributed by atoms with Crippen molar-refractivity contribution in [3.8, 4) is 11.6 Å². The van der Waals surface area contributed by atoms with Crippen molar-refractivity contribution in [2.75, 3.05) is 5.73 Å². The van der Waals surface area contributed by atoms with Crippen molar-refractivity contribution in [2.24, 2.45) is 0 Å². The molecule has 0 radical (unpaired) electrons. The van der Waals surface area contributed by atoms with Gasteiger partial charge in [-0.1, -0.05) is 60.7 Å². The topological polar surface area (TPSA) is 81.0 Å². The van der Waals surface area contributed by atoms with E-state index in [1.807, 2.05) is 54.6 Å². The fourth-order valence-corrected chi connectivity index (χ4v) is 3.70. The molecule has 1 aliphatic heterocycles. The highest BCUT2D eigenvalue weighted by Gasteiger charge is 2.34. The molecule has 0 spiro atoms. The molecule has 0 saturated carbocycles. The first-order valence-electron chi connectivity index (χ1n) is 8.36. The smallest absolute Gasteiger partial charge is 0.260 e. The summed E-state index contributed by atoms with van der Waals surface area (Å²) < 4.78 is 5.99. The van der Waals surface area contributed by atoms with Crippen LogP contribution in [0.1, 0.15) is 22.6 Å².